The van der Waals surface area contributed by atoms with Gasteiger partial charge < -0.3 is 14.4 Å². The normalized spacial score (nSPS) is 13.6. The van der Waals surface area contributed by atoms with Gasteiger partial charge in [-0.15, -0.1) is 0 Å². The van der Waals surface area contributed by atoms with Gasteiger partial charge in [0, 0.05) is 34.0 Å². The minimum absolute atomic E-state index is 0.0223. The molecule has 0 amide bonds. The lowest BCUT2D eigenvalue weighted by atomic mass is 9.93. The zero-order chi connectivity index (χ0) is 20.5. The summed E-state index contributed by atoms with van der Waals surface area (Å²) in [5.41, 5.74) is 1.56. The monoisotopic (exact) mass is 391 g/mol. The molecule has 1 heterocycles. The Morgan fingerprint density at radius 1 is 1.24 bits per heavy atom. The number of fused-ring (bicyclic) bond motifs is 1. The van der Waals surface area contributed by atoms with Crippen molar-refractivity contribution in [1.82, 2.24) is 4.57 Å². The van der Waals surface area contributed by atoms with E-state index in [4.69, 9.17) is 4.74 Å². The lowest BCUT2D eigenvalue weighted by Gasteiger charge is -2.12. The number of hydrogen-bond acceptors (Lipinski definition) is 3. The van der Waals surface area contributed by atoms with Gasteiger partial charge in [-0.05, 0) is 24.3 Å². The smallest absolute Gasteiger partial charge is 0.353 e. The third-order valence-corrected chi connectivity index (χ3v) is 5.03. The summed E-state index contributed by atoms with van der Waals surface area (Å²) in [4.78, 5) is 24.9. The van der Waals surface area contributed by atoms with Crippen molar-refractivity contribution in [1.29, 1.82) is 0 Å². The van der Waals surface area contributed by atoms with Gasteiger partial charge in [0.2, 0.25) is 0 Å². The molecule has 1 aromatic heterocycles. The van der Waals surface area contributed by atoms with Crippen LogP contribution in [-0.4, -0.2) is 28.5 Å². The van der Waals surface area contributed by atoms with E-state index in [1.807, 2.05) is 0 Å². The molecule has 1 aliphatic rings. The average molecular weight is 391 g/mol. The van der Waals surface area contributed by atoms with E-state index in [2.05, 4.69) is 0 Å². The Morgan fingerprint density at radius 2 is 2.03 bits per heavy atom. The van der Waals surface area contributed by atoms with Crippen LogP contribution in [0.2, 0.25) is 0 Å². The van der Waals surface area contributed by atoms with Crippen molar-refractivity contribution in [3.05, 3.63) is 83.3 Å². The number of aromatic nitrogens is 1. The molecule has 3 aromatic rings. The van der Waals surface area contributed by atoms with E-state index in [1.54, 1.807) is 54.6 Å². The van der Waals surface area contributed by atoms with Crippen molar-refractivity contribution in [3.8, 4) is 5.75 Å². The highest BCUT2D eigenvalue weighted by Gasteiger charge is 2.28. The summed E-state index contributed by atoms with van der Waals surface area (Å²) in [5, 5.41) is 10.6. The summed E-state index contributed by atoms with van der Waals surface area (Å²) < 4.78 is 21.1. The molecule has 0 bridgehead atoms. The quantitative estimate of drug-likeness (QED) is 0.698. The fourth-order valence-corrected chi connectivity index (χ4v) is 3.68. The van der Waals surface area contributed by atoms with Gasteiger partial charge in [-0.1, -0.05) is 36.4 Å². The van der Waals surface area contributed by atoms with E-state index < -0.39 is 11.8 Å². The molecule has 0 atom stereocenters. The molecule has 4 rings (SSSR count). The van der Waals surface area contributed by atoms with Gasteiger partial charge in [-0.25, -0.2) is 9.18 Å². The van der Waals surface area contributed by atoms with Crippen molar-refractivity contribution in [2.24, 2.45) is 0 Å². The van der Waals surface area contributed by atoms with Crippen LogP contribution < -0.4 is 4.74 Å². The van der Waals surface area contributed by atoms with Gasteiger partial charge in [-0.2, -0.15) is 0 Å². The molecule has 0 saturated carbocycles. The van der Waals surface area contributed by atoms with Crippen LogP contribution >= 0.6 is 0 Å². The predicted octanol–water partition coefficient (Wildman–Crippen LogP) is 4.45. The number of hydrogen-bond donors (Lipinski definition) is 1. The van der Waals surface area contributed by atoms with Gasteiger partial charge in [0.15, 0.2) is 5.78 Å². The molecule has 0 saturated heterocycles. The topological polar surface area (TPSA) is 68.5 Å². The zero-order valence-corrected chi connectivity index (χ0v) is 15.7. The van der Waals surface area contributed by atoms with E-state index in [9.17, 15) is 19.1 Å². The molecule has 2 aromatic carbocycles. The number of ketones is 1. The molecule has 146 valence electrons. The van der Waals surface area contributed by atoms with Crippen molar-refractivity contribution in [3.63, 3.8) is 0 Å². The second-order valence-corrected chi connectivity index (χ2v) is 6.73. The molecule has 1 N–H and O–H groups in total. The number of benzene rings is 2. The number of nitrogens with zero attached hydrogens (tertiary/aromatic N) is 1. The highest BCUT2D eigenvalue weighted by Crippen LogP contribution is 2.36. The second kappa shape index (κ2) is 7.39. The standard InChI is InChI=1S/C23H18FNO4/c1-29-15-10-11-19-17(12-15)21(16-7-3-5-9-20(16)26)22(23(27)28)25(19)13-14-6-2-4-8-18(14)24/h2-8,10-12H,9,13H2,1H3,(H,27,28). The zero-order valence-electron chi connectivity index (χ0n) is 15.7. The Hall–Kier alpha value is -3.67. The van der Waals surface area contributed by atoms with Gasteiger partial charge in [0.25, 0.3) is 0 Å². The van der Waals surface area contributed by atoms with Crippen LogP contribution in [0.4, 0.5) is 4.39 Å². The molecular weight excluding hydrogens is 373 g/mol. The number of Topliss-reactive ketones (excluding diaryl/α,β-unsaturated/α-hetero) is 1. The van der Waals surface area contributed by atoms with Gasteiger partial charge in [-0.3, -0.25) is 4.79 Å². The summed E-state index contributed by atoms with van der Waals surface area (Å²) in [6, 6.07) is 11.4. The molecule has 5 nitrogen and oxygen atoms in total. The Balaban J connectivity index is 2.05. The highest BCUT2D eigenvalue weighted by atomic mass is 19.1. The molecule has 0 spiro atoms. The number of aromatic carboxylic acids is 1. The van der Waals surface area contributed by atoms with Crippen molar-refractivity contribution >= 4 is 28.2 Å². The Kier molecular flexibility index (Phi) is 4.76. The number of carboxylic acids is 1. The summed E-state index contributed by atoms with van der Waals surface area (Å²) in [7, 11) is 1.52. The van der Waals surface area contributed by atoms with Crippen molar-refractivity contribution < 1.29 is 23.8 Å². The van der Waals surface area contributed by atoms with E-state index in [0.29, 0.717) is 33.4 Å². The highest BCUT2D eigenvalue weighted by molar-refractivity contribution is 6.27. The first-order valence-corrected chi connectivity index (χ1v) is 9.08. The molecule has 1 aliphatic carbocycles. The lowest BCUT2D eigenvalue weighted by Crippen LogP contribution is -2.14. The number of ether oxygens (including phenoxy) is 1. The van der Waals surface area contributed by atoms with E-state index >= 15 is 0 Å². The largest absolute Gasteiger partial charge is 0.497 e. The summed E-state index contributed by atoms with van der Waals surface area (Å²) in [5.74, 6) is -1.23. The van der Waals surface area contributed by atoms with E-state index in [-0.39, 0.29) is 24.4 Å². The Bertz CT molecular complexity index is 1200. The summed E-state index contributed by atoms with van der Waals surface area (Å²) in [6.07, 6.45) is 5.29. The van der Waals surface area contributed by atoms with E-state index in [1.165, 1.54) is 17.7 Å². The van der Waals surface area contributed by atoms with Crippen LogP contribution in [0, 0.1) is 5.82 Å². The number of rotatable bonds is 5. The third kappa shape index (κ3) is 3.23. The first kappa shape index (κ1) is 18.7. The van der Waals surface area contributed by atoms with Crippen LogP contribution in [0.5, 0.6) is 5.75 Å². The van der Waals surface area contributed by atoms with Crippen LogP contribution in [0.25, 0.3) is 16.5 Å². The molecular formula is C23H18FNO4. The molecule has 6 heteroatoms. The predicted molar refractivity (Wildman–Crippen MR) is 108 cm³/mol. The number of methoxy groups -OCH3 is 1. The number of halogens is 1. The minimum atomic E-state index is -1.19. The molecule has 29 heavy (non-hydrogen) atoms. The molecule has 0 aliphatic heterocycles. The minimum Gasteiger partial charge on any atom is -0.497 e. The molecule has 0 unspecified atom stereocenters. The maximum Gasteiger partial charge on any atom is 0.353 e. The van der Waals surface area contributed by atoms with Gasteiger partial charge in [0.05, 0.1) is 13.7 Å². The second-order valence-electron chi connectivity index (χ2n) is 6.73. The molecule has 0 fully saturated rings. The SMILES string of the molecule is COc1ccc2c(c1)c(C1=CC=CCC1=O)c(C(=O)O)n2Cc1ccccc1F. The van der Waals surface area contributed by atoms with Gasteiger partial charge in [0.1, 0.15) is 17.3 Å². The maximum atomic E-state index is 14.3. The third-order valence-electron chi connectivity index (χ3n) is 5.03. The number of carboxylic acid groups (broad SMARTS) is 1. The fourth-order valence-electron chi connectivity index (χ4n) is 3.68. The number of carbonyl (C=O) groups excluding carboxylic acids is 1. The lowest BCUT2D eigenvalue weighted by molar-refractivity contribution is -0.113. The van der Waals surface area contributed by atoms with Gasteiger partial charge >= 0.3 is 5.97 Å². The van der Waals surface area contributed by atoms with Crippen molar-refractivity contribution in [2.75, 3.05) is 7.11 Å². The fraction of sp³-hybridized carbons (Fsp3) is 0.130. The van der Waals surface area contributed by atoms with Crippen molar-refractivity contribution in [2.45, 2.75) is 13.0 Å². The molecule has 0 radical (unpaired) electrons. The summed E-state index contributed by atoms with van der Waals surface area (Å²) >= 11 is 0. The van der Waals surface area contributed by atoms with Crippen LogP contribution in [0.3, 0.4) is 0 Å². The van der Waals surface area contributed by atoms with Crippen LogP contribution in [0.15, 0.2) is 60.7 Å². The van der Waals surface area contributed by atoms with E-state index in [0.717, 1.165) is 0 Å². The first-order valence-electron chi connectivity index (χ1n) is 9.08. The number of allylic oxidation sites excluding steroid dienone is 4. The summed E-state index contributed by atoms with van der Waals surface area (Å²) in [6.45, 7) is 0.0223. The van der Waals surface area contributed by atoms with Crippen LogP contribution in [0.1, 0.15) is 28.0 Å². The average Bonchev–Trinajstić information content (AvgIpc) is 3.03. The number of carbonyl (C=O) groups is 2. The Labute approximate surface area is 166 Å². The Morgan fingerprint density at radius 3 is 2.72 bits per heavy atom. The van der Waals surface area contributed by atoms with Crippen LogP contribution in [-0.2, 0) is 11.3 Å². The maximum absolute atomic E-state index is 14.3. The first-order chi connectivity index (χ1) is 14.0.